The van der Waals surface area contributed by atoms with Gasteiger partial charge in [-0.05, 0) is 6.07 Å². The summed E-state index contributed by atoms with van der Waals surface area (Å²) in [6, 6.07) is 12.9. The Kier molecular flexibility index (Phi) is 5.35. The van der Waals surface area contributed by atoms with E-state index in [1.54, 1.807) is 32.4 Å². The Morgan fingerprint density at radius 3 is 2.52 bits per heavy atom. The summed E-state index contributed by atoms with van der Waals surface area (Å²) in [5.41, 5.74) is 1.48. The van der Waals surface area contributed by atoms with Crippen LogP contribution >= 0.6 is 11.8 Å². The number of benzene rings is 2. The zero-order valence-corrected chi connectivity index (χ0v) is 14.7. The Morgan fingerprint density at radius 2 is 1.80 bits per heavy atom. The van der Waals surface area contributed by atoms with E-state index >= 15 is 0 Å². The van der Waals surface area contributed by atoms with Crippen molar-refractivity contribution in [3.05, 3.63) is 48.8 Å². The molecule has 0 aliphatic carbocycles. The van der Waals surface area contributed by atoms with Gasteiger partial charge in [-0.1, -0.05) is 30.0 Å². The highest BCUT2D eigenvalue weighted by Gasteiger charge is 2.09. The standard InChI is InChI=1S/C18H17N3O3S/c1-23-13-7-12(8-14(9-13)24-2)21-17(22)10-25-18-15-5-3-4-6-16(15)19-11-20-18/h3-9,11H,10H2,1-2H3,(H,21,22). The summed E-state index contributed by atoms with van der Waals surface area (Å²) >= 11 is 1.37. The van der Waals surface area contributed by atoms with Gasteiger partial charge in [0, 0.05) is 29.3 Å². The second-order valence-corrected chi connectivity index (χ2v) is 6.10. The zero-order valence-electron chi connectivity index (χ0n) is 13.9. The first kappa shape index (κ1) is 17.0. The predicted molar refractivity (Wildman–Crippen MR) is 98.4 cm³/mol. The van der Waals surface area contributed by atoms with Crippen LogP contribution in [0.5, 0.6) is 11.5 Å². The molecule has 1 N–H and O–H groups in total. The van der Waals surface area contributed by atoms with Crippen LogP contribution in [0.3, 0.4) is 0 Å². The number of hydrogen-bond donors (Lipinski definition) is 1. The Labute approximate surface area is 149 Å². The van der Waals surface area contributed by atoms with Gasteiger partial charge in [-0.2, -0.15) is 0 Å². The smallest absolute Gasteiger partial charge is 0.234 e. The molecule has 7 heteroatoms. The lowest BCUT2D eigenvalue weighted by Gasteiger charge is -2.10. The van der Waals surface area contributed by atoms with Crippen LogP contribution in [-0.4, -0.2) is 35.8 Å². The number of aromatic nitrogens is 2. The molecule has 0 fully saturated rings. The Morgan fingerprint density at radius 1 is 1.08 bits per heavy atom. The molecule has 0 saturated carbocycles. The van der Waals surface area contributed by atoms with Crippen molar-refractivity contribution in [1.82, 2.24) is 9.97 Å². The molecule has 6 nitrogen and oxygen atoms in total. The van der Waals surface area contributed by atoms with Gasteiger partial charge in [0.15, 0.2) is 0 Å². The molecule has 0 radical (unpaired) electrons. The van der Waals surface area contributed by atoms with Gasteiger partial charge in [-0.15, -0.1) is 0 Å². The number of anilines is 1. The van der Waals surface area contributed by atoms with E-state index in [4.69, 9.17) is 9.47 Å². The van der Waals surface area contributed by atoms with Gasteiger partial charge in [0.1, 0.15) is 22.9 Å². The van der Waals surface area contributed by atoms with Crippen LogP contribution in [0, 0.1) is 0 Å². The van der Waals surface area contributed by atoms with Crippen LogP contribution in [0.15, 0.2) is 53.8 Å². The van der Waals surface area contributed by atoms with Gasteiger partial charge in [0.25, 0.3) is 0 Å². The molecular formula is C18H17N3O3S. The second kappa shape index (κ2) is 7.85. The van der Waals surface area contributed by atoms with Gasteiger partial charge < -0.3 is 14.8 Å². The first-order chi connectivity index (χ1) is 12.2. The van der Waals surface area contributed by atoms with Crippen LogP contribution in [0.25, 0.3) is 10.9 Å². The molecule has 1 amide bonds. The number of carbonyl (C=O) groups excluding carboxylic acids is 1. The van der Waals surface area contributed by atoms with E-state index in [1.807, 2.05) is 24.3 Å². The van der Waals surface area contributed by atoms with Crippen LogP contribution in [0.1, 0.15) is 0 Å². The lowest BCUT2D eigenvalue weighted by Crippen LogP contribution is -2.14. The summed E-state index contributed by atoms with van der Waals surface area (Å²) in [6.45, 7) is 0. The van der Waals surface area contributed by atoms with Gasteiger partial charge in [-0.25, -0.2) is 9.97 Å². The number of thioether (sulfide) groups is 1. The average Bonchev–Trinajstić information content (AvgIpc) is 2.65. The SMILES string of the molecule is COc1cc(NC(=O)CSc2ncnc3ccccc23)cc(OC)c1. The highest BCUT2D eigenvalue weighted by atomic mass is 32.2. The third-order valence-electron chi connectivity index (χ3n) is 3.48. The minimum atomic E-state index is -0.136. The normalized spacial score (nSPS) is 10.5. The number of methoxy groups -OCH3 is 2. The van der Waals surface area contributed by atoms with Gasteiger partial charge in [0.05, 0.1) is 25.5 Å². The molecule has 128 valence electrons. The van der Waals surface area contributed by atoms with E-state index in [1.165, 1.54) is 18.1 Å². The van der Waals surface area contributed by atoms with Crippen LogP contribution in [0.4, 0.5) is 5.69 Å². The molecule has 3 aromatic rings. The van der Waals surface area contributed by atoms with E-state index in [2.05, 4.69) is 15.3 Å². The highest BCUT2D eigenvalue weighted by Crippen LogP contribution is 2.27. The largest absolute Gasteiger partial charge is 0.497 e. The lowest BCUT2D eigenvalue weighted by molar-refractivity contribution is -0.113. The zero-order chi connectivity index (χ0) is 17.6. The van der Waals surface area contributed by atoms with Crippen molar-refractivity contribution in [3.8, 4) is 11.5 Å². The molecule has 3 rings (SSSR count). The first-order valence-electron chi connectivity index (χ1n) is 7.55. The van der Waals surface area contributed by atoms with E-state index < -0.39 is 0 Å². The van der Waals surface area contributed by atoms with E-state index in [0.717, 1.165) is 15.9 Å². The number of carbonyl (C=O) groups is 1. The number of ether oxygens (including phenoxy) is 2. The van der Waals surface area contributed by atoms with Crippen molar-refractivity contribution >= 4 is 34.3 Å². The van der Waals surface area contributed by atoms with Crippen LogP contribution < -0.4 is 14.8 Å². The van der Waals surface area contributed by atoms with Crippen molar-refractivity contribution in [3.63, 3.8) is 0 Å². The number of hydrogen-bond acceptors (Lipinski definition) is 6. The molecule has 25 heavy (non-hydrogen) atoms. The maximum Gasteiger partial charge on any atom is 0.234 e. The van der Waals surface area contributed by atoms with Gasteiger partial charge in [-0.3, -0.25) is 4.79 Å². The summed E-state index contributed by atoms with van der Waals surface area (Å²) in [5.74, 6) is 1.33. The van der Waals surface area contributed by atoms with Crippen molar-refractivity contribution in [2.24, 2.45) is 0 Å². The van der Waals surface area contributed by atoms with Gasteiger partial charge >= 0.3 is 0 Å². The fraction of sp³-hybridized carbons (Fsp3) is 0.167. The molecule has 0 bridgehead atoms. The number of nitrogens with one attached hydrogen (secondary N) is 1. The minimum absolute atomic E-state index is 0.136. The van der Waals surface area contributed by atoms with Crippen LogP contribution in [-0.2, 0) is 4.79 Å². The second-order valence-electron chi connectivity index (χ2n) is 5.13. The Hall–Kier alpha value is -2.80. The summed E-state index contributed by atoms with van der Waals surface area (Å²) in [5, 5.41) is 4.56. The van der Waals surface area contributed by atoms with Crippen molar-refractivity contribution in [2.75, 3.05) is 25.3 Å². The van der Waals surface area contributed by atoms with Crippen molar-refractivity contribution in [2.45, 2.75) is 5.03 Å². The number of nitrogens with zero attached hydrogens (tertiary/aromatic N) is 2. The third kappa shape index (κ3) is 4.19. The molecule has 2 aromatic carbocycles. The predicted octanol–water partition coefficient (Wildman–Crippen LogP) is 3.38. The maximum absolute atomic E-state index is 12.3. The third-order valence-corrected chi connectivity index (χ3v) is 4.49. The monoisotopic (exact) mass is 355 g/mol. The molecule has 0 saturated heterocycles. The van der Waals surface area contributed by atoms with E-state index in [0.29, 0.717) is 17.2 Å². The molecular weight excluding hydrogens is 338 g/mol. The van der Waals surface area contributed by atoms with Crippen molar-refractivity contribution in [1.29, 1.82) is 0 Å². The summed E-state index contributed by atoms with van der Waals surface area (Å²) < 4.78 is 10.4. The van der Waals surface area contributed by atoms with E-state index in [-0.39, 0.29) is 11.7 Å². The van der Waals surface area contributed by atoms with Gasteiger partial charge in [0.2, 0.25) is 5.91 Å². The molecule has 0 atom stereocenters. The van der Waals surface area contributed by atoms with Crippen LogP contribution in [0.2, 0.25) is 0 Å². The quantitative estimate of drug-likeness (QED) is 0.540. The number of rotatable bonds is 6. The first-order valence-corrected chi connectivity index (χ1v) is 8.53. The number of fused-ring (bicyclic) bond motifs is 1. The molecule has 0 aliphatic heterocycles. The Bertz CT molecular complexity index is 874. The minimum Gasteiger partial charge on any atom is -0.497 e. The molecule has 1 heterocycles. The number of para-hydroxylation sites is 1. The Balaban J connectivity index is 1.69. The lowest BCUT2D eigenvalue weighted by atomic mass is 10.2. The summed E-state index contributed by atoms with van der Waals surface area (Å²) in [4.78, 5) is 20.8. The number of amides is 1. The molecule has 0 aliphatic rings. The molecule has 1 aromatic heterocycles. The highest BCUT2D eigenvalue weighted by molar-refractivity contribution is 8.00. The maximum atomic E-state index is 12.3. The molecule has 0 spiro atoms. The fourth-order valence-corrected chi connectivity index (χ4v) is 3.10. The van der Waals surface area contributed by atoms with E-state index in [9.17, 15) is 4.79 Å². The summed E-state index contributed by atoms with van der Waals surface area (Å²) in [6.07, 6.45) is 1.51. The fourth-order valence-electron chi connectivity index (χ4n) is 2.31. The molecule has 0 unspecified atom stereocenters. The van der Waals surface area contributed by atoms with Crippen molar-refractivity contribution < 1.29 is 14.3 Å². The topological polar surface area (TPSA) is 73.3 Å². The average molecular weight is 355 g/mol. The summed E-state index contributed by atoms with van der Waals surface area (Å²) in [7, 11) is 3.13.